The van der Waals surface area contributed by atoms with Crippen LogP contribution in [-0.4, -0.2) is 36.1 Å². The standard InChI is InChI=1S/C12H16F2N2O2/c13-11(14)10(17)7-16-12(18)9(15)6-8-4-2-1-3-5-8/h1-5,9-11,17H,6-7,15H2,(H,16,18). The Morgan fingerprint density at radius 1 is 1.33 bits per heavy atom. The first-order valence-electron chi connectivity index (χ1n) is 5.54. The molecule has 100 valence electrons. The molecule has 2 atom stereocenters. The summed E-state index contributed by atoms with van der Waals surface area (Å²) in [5.74, 6) is -0.557. The van der Waals surface area contributed by atoms with E-state index in [0.29, 0.717) is 6.42 Å². The highest BCUT2D eigenvalue weighted by molar-refractivity contribution is 5.81. The van der Waals surface area contributed by atoms with Gasteiger partial charge in [0.1, 0.15) is 6.10 Å². The third-order valence-corrected chi connectivity index (χ3v) is 2.41. The zero-order chi connectivity index (χ0) is 13.5. The number of nitrogens with two attached hydrogens (primary N) is 1. The van der Waals surface area contributed by atoms with Crippen molar-refractivity contribution in [2.45, 2.75) is 25.0 Å². The Morgan fingerprint density at radius 2 is 1.94 bits per heavy atom. The summed E-state index contributed by atoms with van der Waals surface area (Å²) in [5, 5.41) is 11.0. The molecule has 0 saturated carbocycles. The molecule has 1 rings (SSSR count). The Hall–Kier alpha value is -1.53. The summed E-state index contributed by atoms with van der Waals surface area (Å²) in [6, 6.07) is 8.30. The van der Waals surface area contributed by atoms with Gasteiger partial charge < -0.3 is 16.2 Å². The average molecular weight is 258 g/mol. The van der Waals surface area contributed by atoms with Crippen molar-refractivity contribution in [2.75, 3.05) is 6.54 Å². The number of aliphatic hydroxyl groups is 1. The van der Waals surface area contributed by atoms with E-state index in [2.05, 4.69) is 5.32 Å². The van der Waals surface area contributed by atoms with Gasteiger partial charge in [-0.15, -0.1) is 0 Å². The van der Waals surface area contributed by atoms with Crippen molar-refractivity contribution in [3.63, 3.8) is 0 Å². The Morgan fingerprint density at radius 3 is 2.50 bits per heavy atom. The van der Waals surface area contributed by atoms with Crippen molar-refractivity contribution < 1.29 is 18.7 Å². The fourth-order valence-corrected chi connectivity index (χ4v) is 1.39. The lowest BCUT2D eigenvalue weighted by Gasteiger charge is -2.14. The summed E-state index contributed by atoms with van der Waals surface area (Å²) in [6.45, 7) is -0.501. The van der Waals surface area contributed by atoms with Crippen molar-refractivity contribution in [1.29, 1.82) is 0 Å². The second-order valence-corrected chi connectivity index (χ2v) is 3.94. The van der Waals surface area contributed by atoms with E-state index in [4.69, 9.17) is 10.8 Å². The van der Waals surface area contributed by atoms with Crippen LogP contribution in [0, 0.1) is 0 Å². The highest BCUT2D eigenvalue weighted by atomic mass is 19.3. The second-order valence-electron chi connectivity index (χ2n) is 3.94. The molecule has 0 aliphatic rings. The first kappa shape index (κ1) is 14.5. The van der Waals surface area contributed by atoms with Gasteiger partial charge in [0.2, 0.25) is 5.91 Å². The van der Waals surface area contributed by atoms with Crippen molar-refractivity contribution in [1.82, 2.24) is 5.32 Å². The number of amides is 1. The van der Waals surface area contributed by atoms with Gasteiger partial charge in [0.05, 0.1) is 6.04 Å². The van der Waals surface area contributed by atoms with Crippen LogP contribution in [0.1, 0.15) is 5.56 Å². The van der Waals surface area contributed by atoms with E-state index in [1.807, 2.05) is 30.3 Å². The van der Waals surface area contributed by atoms with E-state index in [1.165, 1.54) is 0 Å². The minimum absolute atomic E-state index is 0.317. The number of halogens is 2. The normalized spacial score (nSPS) is 14.3. The van der Waals surface area contributed by atoms with Gasteiger partial charge >= 0.3 is 0 Å². The van der Waals surface area contributed by atoms with Crippen LogP contribution >= 0.6 is 0 Å². The molecule has 0 radical (unpaired) electrons. The minimum Gasteiger partial charge on any atom is -0.385 e. The highest BCUT2D eigenvalue weighted by Gasteiger charge is 2.19. The molecule has 1 aromatic carbocycles. The number of alkyl halides is 2. The molecule has 4 N–H and O–H groups in total. The summed E-state index contributed by atoms with van der Waals surface area (Å²) in [7, 11) is 0. The number of benzene rings is 1. The molecule has 0 heterocycles. The molecular formula is C12H16F2N2O2. The summed E-state index contributed by atoms with van der Waals surface area (Å²) >= 11 is 0. The van der Waals surface area contributed by atoms with Crippen LogP contribution in [-0.2, 0) is 11.2 Å². The molecule has 2 unspecified atom stereocenters. The van der Waals surface area contributed by atoms with Crippen molar-refractivity contribution in [3.8, 4) is 0 Å². The number of carbonyl (C=O) groups is 1. The summed E-state index contributed by atoms with van der Waals surface area (Å²) < 4.78 is 24.0. The SMILES string of the molecule is NC(Cc1ccccc1)C(=O)NCC(O)C(F)F. The van der Waals surface area contributed by atoms with Gasteiger partial charge in [-0.3, -0.25) is 4.79 Å². The van der Waals surface area contributed by atoms with Gasteiger partial charge in [-0.2, -0.15) is 0 Å². The molecule has 6 heteroatoms. The Labute approximate surface area is 104 Å². The maximum absolute atomic E-state index is 12.0. The van der Waals surface area contributed by atoms with Crippen LogP contribution in [0.5, 0.6) is 0 Å². The smallest absolute Gasteiger partial charge is 0.265 e. The van der Waals surface area contributed by atoms with Gasteiger partial charge in [-0.05, 0) is 12.0 Å². The highest BCUT2D eigenvalue weighted by Crippen LogP contribution is 2.02. The predicted octanol–water partition coefficient (Wildman–Crippen LogP) is 0.299. The lowest BCUT2D eigenvalue weighted by Crippen LogP contribution is -2.45. The molecule has 0 spiro atoms. The number of rotatable bonds is 6. The molecule has 4 nitrogen and oxygen atoms in total. The van der Waals surface area contributed by atoms with E-state index < -0.39 is 31.0 Å². The first-order valence-corrected chi connectivity index (χ1v) is 5.54. The molecule has 0 bridgehead atoms. The lowest BCUT2D eigenvalue weighted by atomic mass is 10.1. The number of aliphatic hydroxyl groups excluding tert-OH is 1. The number of hydrogen-bond acceptors (Lipinski definition) is 3. The average Bonchev–Trinajstić information content (AvgIpc) is 2.36. The van der Waals surface area contributed by atoms with Crippen molar-refractivity contribution in [3.05, 3.63) is 35.9 Å². The molecule has 1 amide bonds. The van der Waals surface area contributed by atoms with Crippen LogP contribution < -0.4 is 11.1 Å². The van der Waals surface area contributed by atoms with Crippen LogP contribution in [0.3, 0.4) is 0 Å². The monoisotopic (exact) mass is 258 g/mol. The van der Waals surface area contributed by atoms with Gasteiger partial charge in [0.15, 0.2) is 0 Å². The number of nitrogens with one attached hydrogen (secondary N) is 1. The van der Waals surface area contributed by atoms with E-state index >= 15 is 0 Å². The maximum Gasteiger partial charge on any atom is 0.265 e. The van der Waals surface area contributed by atoms with Crippen LogP contribution in [0.4, 0.5) is 8.78 Å². The largest absolute Gasteiger partial charge is 0.385 e. The van der Waals surface area contributed by atoms with E-state index in [-0.39, 0.29) is 0 Å². The molecule has 0 aliphatic heterocycles. The third-order valence-electron chi connectivity index (χ3n) is 2.41. The van der Waals surface area contributed by atoms with Gasteiger partial charge in [0, 0.05) is 6.54 Å². The molecule has 0 aromatic heterocycles. The maximum atomic E-state index is 12.0. The van der Waals surface area contributed by atoms with Gasteiger partial charge in [-0.1, -0.05) is 30.3 Å². The first-order chi connectivity index (χ1) is 8.50. The molecular weight excluding hydrogens is 242 g/mol. The fraction of sp³-hybridized carbons (Fsp3) is 0.417. The molecule has 1 aromatic rings. The van der Waals surface area contributed by atoms with Gasteiger partial charge in [-0.25, -0.2) is 8.78 Å². The summed E-state index contributed by atoms with van der Waals surface area (Å²) in [4.78, 5) is 11.5. The van der Waals surface area contributed by atoms with E-state index in [0.717, 1.165) is 5.56 Å². The lowest BCUT2D eigenvalue weighted by molar-refractivity contribution is -0.123. The van der Waals surface area contributed by atoms with E-state index in [1.54, 1.807) is 0 Å². The topological polar surface area (TPSA) is 75.4 Å². The molecule has 18 heavy (non-hydrogen) atoms. The van der Waals surface area contributed by atoms with Gasteiger partial charge in [0.25, 0.3) is 6.43 Å². The Kier molecular flexibility index (Phi) is 5.67. The number of hydrogen-bond donors (Lipinski definition) is 3. The zero-order valence-corrected chi connectivity index (χ0v) is 9.72. The van der Waals surface area contributed by atoms with Crippen molar-refractivity contribution in [2.24, 2.45) is 5.73 Å². The Bertz CT molecular complexity index is 374. The van der Waals surface area contributed by atoms with Crippen LogP contribution in [0.15, 0.2) is 30.3 Å². The molecule has 0 saturated heterocycles. The number of carbonyl (C=O) groups excluding carboxylic acids is 1. The van der Waals surface area contributed by atoms with Crippen molar-refractivity contribution >= 4 is 5.91 Å². The third kappa shape index (κ3) is 4.77. The Balaban J connectivity index is 2.38. The zero-order valence-electron chi connectivity index (χ0n) is 9.72. The molecule has 0 aliphatic carbocycles. The quantitative estimate of drug-likeness (QED) is 0.687. The predicted molar refractivity (Wildman–Crippen MR) is 63.1 cm³/mol. The van der Waals surface area contributed by atoms with Crippen LogP contribution in [0.2, 0.25) is 0 Å². The van der Waals surface area contributed by atoms with E-state index in [9.17, 15) is 13.6 Å². The fourth-order valence-electron chi connectivity index (χ4n) is 1.39. The van der Waals surface area contributed by atoms with Crippen LogP contribution in [0.25, 0.3) is 0 Å². The summed E-state index contributed by atoms with van der Waals surface area (Å²) in [5.41, 5.74) is 6.51. The summed E-state index contributed by atoms with van der Waals surface area (Å²) in [6.07, 6.45) is -4.43. The molecule has 0 fully saturated rings. The second kappa shape index (κ2) is 7.03. The minimum atomic E-state index is -2.88.